The number of ketones is 1. The maximum absolute atomic E-state index is 14.2. The molecule has 1 aliphatic heterocycles. The Balaban J connectivity index is 2.17. The molecule has 3 rings (SSSR count). The number of carboxylic acids is 1. The molecule has 1 aromatic heterocycles. The minimum atomic E-state index is -1.08. The highest BCUT2D eigenvalue weighted by Crippen LogP contribution is 2.40. The van der Waals surface area contributed by atoms with Crippen LogP contribution in [0.3, 0.4) is 0 Å². The van der Waals surface area contributed by atoms with Crippen LogP contribution in [0.2, 0.25) is 0 Å². The van der Waals surface area contributed by atoms with Gasteiger partial charge < -0.3 is 10.2 Å². The number of aliphatic carboxylic acids is 1. The lowest BCUT2D eigenvalue weighted by atomic mass is 9.85. The average molecular weight is 379 g/mol. The predicted octanol–water partition coefficient (Wildman–Crippen LogP) is 4.30. The highest BCUT2D eigenvalue weighted by Gasteiger charge is 2.37. The fourth-order valence-electron chi connectivity index (χ4n) is 2.86. The quantitative estimate of drug-likeness (QED) is 0.588. The second-order valence-corrected chi connectivity index (χ2v) is 7.58. The normalized spacial score (nSPS) is 17.2. The van der Waals surface area contributed by atoms with Crippen LogP contribution in [0.25, 0.3) is 0 Å². The summed E-state index contributed by atoms with van der Waals surface area (Å²) in [5, 5.41) is 21.0. The molecule has 8 heteroatoms. The van der Waals surface area contributed by atoms with Crippen LogP contribution in [0.15, 0.2) is 54.7 Å². The van der Waals surface area contributed by atoms with Gasteiger partial charge in [-0.25, -0.2) is 4.39 Å². The third-order valence-corrected chi connectivity index (χ3v) is 6.02. The van der Waals surface area contributed by atoms with Crippen LogP contribution in [-0.2, 0) is 4.79 Å². The van der Waals surface area contributed by atoms with Gasteiger partial charge in [0.2, 0.25) is 0 Å². The van der Waals surface area contributed by atoms with Crippen molar-refractivity contribution in [2.45, 2.75) is 24.0 Å². The van der Waals surface area contributed by atoms with Gasteiger partial charge in [-0.1, -0.05) is 0 Å². The number of rotatable bonds is 5. The van der Waals surface area contributed by atoms with Crippen molar-refractivity contribution in [3.05, 3.63) is 51.0 Å². The standard InChI is InChI=1S/C17H14FNO4S2/c1-7-9(4-12(20)21)14-11(19-7)5-10(18)17(23)15(14)16(22)8-3-13(24-2)25-6-8/h3,6,23H,4-5H2,1-2H3,(H,20,21). The molecule has 0 saturated heterocycles. The highest BCUT2D eigenvalue weighted by molar-refractivity contribution is 8.00. The Bertz CT molecular complexity index is 921. The molecular formula is C17H14FNO4S2. The van der Waals surface area contributed by atoms with E-state index in [-0.39, 0.29) is 29.7 Å². The second-order valence-electron chi connectivity index (χ2n) is 5.56. The van der Waals surface area contributed by atoms with E-state index in [2.05, 4.69) is 4.99 Å². The Morgan fingerprint density at radius 1 is 1.44 bits per heavy atom. The van der Waals surface area contributed by atoms with Gasteiger partial charge in [0.05, 0.1) is 21.9 Å². The topological polar surface area (TPSA) is 87.0 Å². The van der Waals surface area contributed by atoms with E-state index in [0.29, 0.717) is 16.8 Å². The van der Waals surface area contributed by atoms with E-state index in [4.69, 9.17) is 5.11 Å². The number of hydrogen-bond donors (Lipinski definition) is 2. The average Bonchev–Trinajstić information content (AvgIpc) is 3.14. The van der Waals surface area contributed by atoms with Crippen molar-refractivity contribution in [3.8, 4) is 0 Å². The van der Waals surface area contributed by atoms with Gasteiger partial charge in [-0.05, 0) is 24.8 Å². The van der Waals surface area contributed by atoms with E-state index in [1.54, 1.807) is 18.4 Å². The number of nitrogens with zero attached hydrogens (tertiary/aromatic N) is 1. The summed E-state index contributed by atoms with van der Waals surface area (Å²) in [5.74, 6) is -3.19. The Labute approximate surface area is 151 Å². The number of halogens is 1. The summed E-state index contributed by atoms with van der Waals surface area (Å²) in [6.07, 6.45) is 1.27. The third-order valence-electron chi connectivity index (χ3n) is 3.99. The minimum Gasteiger partial charge on any atom is -0.505 e. The lowest BCUT2D eigenvalue weighted by Crippen LogP contribution is -2.20. The molecule has 0 unspecified atom stereocenters. The van der Waals surface area contributed by atoms with Crippen molar-refractivity contribution in [2.24, 2.45) is 4.99 Å². The van der Waals surface area contributed by atoms with Crippen LogP contribution in [0.5, 0.6) is 0 Å². The zero-order chi connectivity index (χ0) is 18.3. The number of carboxylic acid groups (broad SMARTS) is 1. The molecular weight excluding hydrogens is 365 g/mol. The maximum Gasteiger partial charge on any atom is 0.307 e. The van der Waals surface area contributed by atoms with Gasteiger partial charge in [-0.3, -0.25) is 14.6 Å². The van der Waals surface area contributed by atoms with Crippen molar-refractivity contribution < 1.29 is 24.2 Å². The van der Waals surface area contributed by atoms with E-state index in [9.17, 15) is 19.1 Å². The van der Waals surface area contributed by atoms with E-state index in [1.807, 2.05) is 6.26 Å². The Hall–Kier alpha value is -2.19. The number of thiophene rings is 1. The first-order valence-corrected chi connectivity index (χ1v) is 9.43. The fourth-order valence-corrected chi connectivity index (χ4v) is 4.25. The number of aliphatic hydroxyl groups excluding tert-OH is 1. The Morgan fingerprint density at radius 2 is 2.16 bits per heavy atom. The van der Waals surface area contributed by atoms with E-state index < -0.39 is 23.3 Å². The van der Waals surface area contributed by atoms with Gasteiger partial charge >= 0.3 is 5.97 Å². The van der Waals surface area contributed by atoms with Gasteiger partial charge in [0.15, 0.2) is 11.5 Å². The minimum absolute atomic E-state index is 0.207. The van der Waals surface area contributed by atoms with Crippen LogP contribution >= 0.6 is 23.1 Å². The monoisotopic (exact) mass is 379 g/mol. The molecule has 0 bridgehead atoms. The molecule has 0 atom stereocenters. The molecule has 0 aromatic carbocycles. The number of carbonyl (C=O) groups is 2. The largest absolute Gasteiger partial charge is 0.505 e. The van der Waals surface area contributed by atoms with E-state index in [1.165, 1.54) is 23.1 Å². The number of hydrogen-bond acceptors (Lipinski definition) is 6. The van der Waals surface area contributed by atoms with Crippen LogP contribution in [-0.4, -0.2) is 33.9 Å². The first kappa shape index (κ1) is 17.6. The molecule has 0 fully saturated rings. The van der Waals surface area contributed by atoms with Gasteiger partial charge in [0, 0.05) is 28.6 Å². The number of thioether (sulfide) groups is 1. The first-order chi connectivity index (χ1) is 11.8. The third kappa shape index (κ3) is 3.07. The molecule has 0 spiro atoms. The molecule has 1 aliphatic carbocycles. The number of fused-ring (bicyclic) bond motifs is 1. The fraction of sp³-hybridized carbons (Fsp3) is 0.235. The van der Waals surface area contributed by atoms with Gasteiger partial charge in [0.25, 0.3) is 0 Å². The predicted molar refractivity (Wildman–Crippen MR) is 95.2 cm³/mol. The molecule has 0 amide bonds. The lowest BCUT2D eigenvalue weighted by Gasteiger charge is -2.19. The van der Waals surface area contributed by atoms with Crippen molar-refractivity contribution in [2.75, 3.05) is 6.26 Å². The summed E-state index contributed by atoms with van der Waals surface area (Å²) in [6, 6.07) is 1.67. The van der Waals surface area contributed by atoms with Crippen molar-refractivity contribution in [3.63, 3.8) is 0 Å². The summed E-state index contributed by atoms with van der Waals surface area (Å²) in [5.41, 5.74) is 1.42. The smallest absolute Gasteiger partial charge is 0.307 e. The van der Waals surface area contributed by atoms with Crippen molar-refractivity contribution in [1.82, 2.24) is 0 Å². The first-order valence-electron chi connectivity index (χ1n) is 7.32. The highest BCUT2D eigenvalue weighted by atomic mass is 32.2. The summed E-state index contributed by atoms with van der Waals surface area (Å²) < 4.78 is 15.1. The van der Waals surface area contributed by atoms with Gasteiger partial charge in [-0.15, -0.1) is 23.1 Å². The van der Waals surface area contributed by atoms with Crippen LogP contribution < -0.4 is 0 Å². The summed E-state index contributed by atoms with van der Waals surface area (Å²) >= 11 is 2.85. The number of allylic oxidation sites excluding steroid dienone is 4. The van der Waals surface area contributed by atoms with Crippen LogP contribution in [0.1, 0.15) is 30.1 Å². The van der Waals surface area contributed by atoms with Gasteiger partial charge in [-0.2, -0.15) is 0 Å². The van der Waals surface area contributed by atoms with Crippen molar-refractivity contribution in [1.29, 1.82) is 0 Å². The number of Topliss-reactive ketones (excluding diaryl/α,β-unsaturated/α-hetero) is 1. The molecule has 2 heterocycles. The van der Waals surface area contributed by atoms with Crippen molar-refractivity contribution >= 4 is 40.6 Å². The molecule has 1 aromatic rings. The molecule has 5 nitrogen and oxygen atoms in total. The maximum atomic E-state index is 14.2. The SMILES string of the molecule is CSc1cc(C(=O)C2=C3C(=NC(C)=C3CC(=O)O)CC(F)=C2O)cs1. The molecule has 0 saturated carbocycles. The molecule has 2 N–H and O–H groups in total. The van der Waals surface area contributed by atoms with E-state index >= 15 is 0 Å². The molecule has 0 radical (unpaired) electrons. The summed E-state index contributed by atoms with van der Waals surface area (Å²) in [4.78, 5) is 28.3. The van der Waals surface area contributed by atoms with Crippen LogP contribution in [0.4, 0.5) is 4.39 Å². The zero-order valence-electron chi connectivity index (χ0n) is 13.4. The molecule has 25 heavy (non-hydrogen) atoms. The molecule has 2 aliphatic rings. The number of aliphatic imine (C=N–C) groups is 1. The van der Waals surface area contributed by atoms with Crippen LogP contribution in [0, 0.1) is 0 Å². The Morgan fingerprint density at radius 3 is 2.76 bits per heavy atom. The van der Waals surface area contributed by atoms with Gasteiger partial charge in [0.1, 0.15) is 5.83 Å². The number of aliphatic hydroxyl groups is 1. The number of carbonyl (C=O) groups excluding carboxylic acids is 1. The Kier molecular flexibility index (Phi) is 4.66. The lowest BCUT2D eigenvalue weighted by molar-refractivity contribution is -0.136. The second kappa shape index (κ2) is 6.61. The summed E-state index contributed by atoms with van der Waals surface area (Å²) in [7, 11) is 0. The zero-order valence-corrected chi connectivity index (χ0v) is 15.1. The molecule has 130 valence electrons. The summed E-state index contributed by atoms with van der Waals surface area (Å²) in [6.45, 7) is 1.62. The van der Waals surface area contributed by atoms with E-state index in [0.717, 1.165) is 4.21 Å².